The molecule has 2 aromatic rings. The van der Waals surface area contributed by atoms with Gasteiger partial charge in [0.25, 0.3) is 0 Å². The molecule has 0 aliphatic heterocycles. The molecule has 0 fully saturated rings. The standard InChI is InChI=1S/C18H21Cl2NO/c1-18(2,3)21-11-14-10-16(20)8-9-17(14)22-12-13-4-6-15(19)7-5-13/h4-10,21H,11-12H2,1-3H3. The number of nitrogens with one attached hydrogen (secondary N) is 1. The van der Waals surface area contributed by atoms with Crippen LogP contribution < -0.4 is 10.1 Å². The highest BCUT2D eigenvalue weighted by molar-refractivity contribution is 6.30. The molecule has 0 heterocycles. The van der Waals surface area contributed by atoms with Crippen molar-refractivity contribution in [1.29, 1.82) is 0 Å². The zero-order valence-corrected chi connectivity index (χ0v) is 14.6. The molecule has 2 rings (SSSR count). The summed E-state index contributed by atoms with van der Waals surface area (Å²) >= 11 is 12.0. The monoisotopic (exact) mass is 337 g/mol. The predicted octanol–water partition coefficient (Wildman–Crippen LogP) is 5.46. The van der Waals surface area contributed by atoms with Gasteiger partial charge in [-0.05, 0) is 56.7 Å². The Balaban J connectivity index is 2.07. The zero-order valence-electron chi connectivity index (χ0n) is 13.1. The lowest BCUT2D eigenvalue weighted by Crippen LogP contribution is -2.35. The van der Waals surface area contributed by atoms with Crippen LogP contribution in [0, 0.1) is 0 Å². The molecule has 0 bridgehead atoms. The summed E-state index contributed by atoms with van der Waals surface area (Å²) in [6.45, 7) is 7.60. The Bertz CT molecular complexity index is 618. The summed E-state index contributed by atoms with van der Waals surface area (Å²) < 4.78 is 5.94. The predicted molar refractivity (Wildman–Crippen MR) is 93.8 cm³/mol. The van der Waals surface area contributed by atoms with Crippen molar-refractivity contribution in [3.63, 3.8) is 0 Å². The molecule has 4 heteroatoms. The second kappa shape index (κ2) is 7.36. The van der Waals surface area contributed by atoms with Crippen LogP contribution in [0.5, 0.6) is 5.75 Å². The van der Waals surface area contributed by atoms with Gasteiger partial charge in [0.1, 0.15) is 12.4 Å². The fraction of sp³-hybridized carbons (Fsp3) is 0.333. The van der Waals surface area contributed by atoms with E-state index in [-0.39, 0.29) is 5.54 Å². The van der Waals surface area contributed by atoms with Gasteiger partial charge >= 0.3 is 0 Å². The largest absolute Gasteiger partial charge is 0.489 e. The van der Waals surface area contributed by atoms with Crippen molar-refractivity contribution in [1.82, 2.24) is 5.32 Å². The maximum absolute atomic E-state index is 6.10. The Kier molecular flexibility index (Phi) is 5.74. The topological polar surface area (TPSA) is 21.3 Å². The van der Waals surface area contributed by atoms with E-state index in [1.165, 1.54) is 0 Å². The number of hydrogen-bond donors (Lipinski definition) is 1. The van der Waals surface area contributed by atoms with E-state index in [9.17, 15) is 0 Å². The molecule has 0 spiro atoms. The fourth-order valence-corrected chi connectivity index (χ4v) is 2.25. The minimum absolute atomic E-state index is 0.0375. The highest BCUT2D eigenvalue weighted by Crippen LogP contribution is 2.24. The molecule has 0 amide bonds. The van der Waals surface area contributed by atoms with Crippen molar-refractivity contribution in [2.24, 2.45) is 0 Å². The van der Waals surface area contributed by atoms with E-state index in [0.29, 0.717) is 18.2 Å². The Morgan fingerprint density at radius 2 is 1.59 bits per heavy atom. The van der Waals surface area contributed by atoms with Gasteiger partial charge in [-0.15, -0.1) is 0 Å². The summed E-state index contributed by atoms with van der Waals surface area (Å²) in [5.74, 6) is 0.844. The van der Waals surface area contributed by atoms with E-state index in [2.05, 4.69) is 26.1 Å². The van der Waals surface area contributed by atoms with Crippen molar-refractivity contribution < 1.29 is 4.74 Å². The molecular formula is C18H21Cl2NO. The second-order valence-electron chi connectivity index (χ2n) is 6.27. The molecule has 0 aliphatic carbocycles. The molecule has 0 saturated carbocycles. The average Bonchev–Trinajstić information content (AvgIpc) is 2.45. The van der Waals surface area contributed by atoms with Crippen molar-refractivity contribution >= 4 is 23.2 Å². The van der Waals surface area contributed by atoms with Crippen molar-refractivity contribution in [3.8, 4) is 5.75 Å². The normalized spacial score (nSPS) is 11.5. The summed E-state index contributed by atoms with van der Waals surface area (Å²) in [5.41, 5.74) is 2.17. The van der Waals surface area contributed by atoms with Crippen molar-refractivity contribution in [2.75, 3.05) is 0 Å². The minimum atomic E-state index is 0.0375. The van der Waals surface area contributed by atoms with Gasteiger partial charge in [-0.2, -0.15) is 0 Å². The second-order valence-corrected chi connectivity index (χ2v) is 7.14. The molecular weight excluding hydrogens is 317 g/mol. The van der Waals surface area contributed by atoms with Crippen LogP contribution >= 0.6 is 23.2 Å². The van der Waals surface area contributed by atoms with Crippen LogP contribution in [0.1, 0.15) is 31.9 Å². The van der Waals surface area contributed by atoms with E-state index < -0.39 is 0 Å². The summed E-state index contributed by atoms with van der Waals surface area (Å²) in [5, 5.41) is 4.90. The summed E-state index contributed by atoms with van der Waals surface area (Å²) in [4.78, 5) is 0. The first kappa shape index (κ1) is 17.1. The van der Waals surface area contributed by atoms with Crippen LogP contribution in [0.25, 0.3) is 0 Å². The van der Waals surface area contributed by atoms with E-state index in [1.54, 1.807) is 0 Å². The maximum Gasteiger partial charge on any atom is 0.124 e. The van der Waals surface area contributed by atoms with Crippen LogP contribution in [-0.4, -0.2) is 5.54 Å². The minimum Gasteiger partial charge on any atom is -0.489 e. The molecule has 2 nitrogen and oxygen atoms in total. The first-order chi connectivity index (χ1) is 10.3. The first-order valence-corrected chi connectivity index (χ1v) is 8.00. The maximum atomic E-state index is 6.10. The number of ether oxygens (including phenoxy) is 1. The fourth-order valence-electron chi connectivity index (χ4n) is 1.93. The van der Waals surface area contributed by atoms with Gasteiger partial charge in [0.2, 0.25) is 0 Å². The molecule has 2 aromatic carbocycles. The van der Waals surface area contributed by atoms with E-state index in [1.807, 2.05) is 42.5 Å². The van der Waals surface area contributed by atoms with E-state index in [0.717, 1.165) is 21.9 Å². The lowest BCUT2D eigenvalue weighted by Gasteiger charge is -2.22. The molecule has 0 radical (unpaired) electrons. The van der Waals surface area contributed by atoms with Gasteiger partial charge in [0.15, 0.2) is 0 Å². The molecule has 22 heavy (non-hydrogen) atoms. The molecule has 0 aliphatic rings. The van der Waals surface area contributed by atoms with Gasteiger partial charge in [-0.25, -0.2) is 0 Å². The third-order valence-electron chi connectivity index (χ3n) is 3.14. The lowest BCUT2D eigenvalue weighted by molar-refractivity contribution is 0.300. The van der Waals surface area contributed by atoms with Gasteiger partial charge in [0.05, 0.1) is 0 Å². The third kappa shape index (κ3) is 5.53. The van der Waals surface area contributed by atoms with Crippen LogP contribution in [0.2, 0.25) is 10.0 Å². The number of hydrogen-bond acceptors (Lipinski definition) is 2. The Hall–Kier alpha value is -1.22. The van der Waals surface area contributed by atoms with Gasteiger partial charge in [-0.1, -0.05) is 35.3 Å². The van der Waals surface area contributed by atoms with Crippen LogP contribution in [0.3, 0.4) is 0 Å². The molecule has 1 N–H and O–H groups in total. The molecule has 0 unspecified atom stereocenters. The lowest BCUT2D eigenvalue weighted by atomic mass is 10.1. The Morgan fingerprint density at radius 1 is 0.955 bits per heavy atom. The quantitative estimate of drug-likeness (QED) is 0.781. The smallest absolute Gasteiger partial charge is 0.124 e. The number of halogens is 2. The van der Waals surface area contributed by atoms with Gasteiger partial charge in [0, 0.05) is 27.7 Å². The average molecular weight is 338 g/mol. The van der Waals surface area contributed by atoms with E-state index >= 15 is 0 Å². The number of rotatable bonds is 5. The zero-order chi connectivity index (χ0) is 16.2. The Labute approximate surface area is 142 Å². The molecule has 0 saturated heterocycles. The van der Waals surface area contributed by atoms with E-state index in [4.69, 9.17) is 27.9 Å². The van der Waals surface area contributed by atoms with Gasteiger partial charge < -0.3 is 10.1 Å². The molecule has 118 valence electrons. The Morgan fingerprint density at radius 3 is 2.23 bits per heavy atom. The van der Waals surface area contributed by atoms with Crippen molar-refractivity contribution in [2.45, 2.75) is 39.5 Å². The first-order valence-electron chi connectivity index (χ1n) is 7.24. The van der Waals surface area contributed by atoms with Crippen LogP contribution in [0.15, 0.2) is 42.5 Å². The van der Waals surface area contributed by atoms with Gasteiger partial charge in [-0.3, -0.25) is 0 Å². The highest BCUT2D eigenvalue weighted by atomic mass is 35.5. The summed E-state index contributed by atoms with van der Waals surface area (Å²) in [6.07, 6.45) is 0. The number of benzene rings is 2. The highest BCUT2D eigenvalue weighted by Gasteiger charge is 2.11. The van der Waals surface area contributed by atoms with Crippen molar-refractivity contribution in [3.05, 3.63) is 63.6 Å². The van der Waals surface area contributed by atoms with Crippen LogP contribution in [-0.2, 0) is 13.2 Å². The molecule has 0 aromatic heterocycles. The SMILES string of the molecule is CC(C)(C)NCc1cc(Cl)ccc1OCc1ccc(Cl)cc1. The third-order valence-corrected chi connectivity index (χ3v) is 3.63. The van der Waals surface area contributed by atoms with Crippen LogP contribution in [0.4, 0.5) is 0 Å². The molecule has 0 atom stereocenters. The summed E-state index contributed by atoms with van der Waals surface area (Å²) in [6, 6.07) is 13.4. The summed E-state index contributed by atoms with van der Waals surface area (Å²) in [7, 11) is 0.